The summed E-state index contributed by atoms with van der Waals surface area (Å²) in [7, 11) is 0. The van der Waals surface area contributed by atoms with Crippen molar-refractivity contribution in [3.63, 3.8) is 0 Å². The molecule has 0 saturated heterocycles. The molecule has 0 heterocycles. The summed E-state index contributed by atoms with van der Waals surface area (Å²) in [4.78, 5) is 25.4. The summed E-state index contributed by atoms with van der Waals surface area (Å²) in [5, 5.41) is 0. The maximum Gasteiger partial charge on any atom is 0.331 e. The maximum absolute atomic E-state index is 12.7. The zero-order valence-electron chi connectivity index (χ0n) is 32.1. The van der Waals surface area contributed by atoms with Crippen LogP contribution in [-0.2, 0) is 37.3 Å². The van der Waals surface area contributed by atoms with Crippen molar-refractivity contribution in [3.05, 3.63) is 142 Å². The minimum Gasteiger partial charge on any atom is -0.457 e. The lowest BCUT2D eigenvalue weighted by Gasteiger charge is -2.35. The first kappa shape index (κ1) is 37.6. The fourth-order valence-electron chi connectivity index (χ4n) is 7.25. The topological polar surface area (TPSA) is 52.6 Å². The summed E-state index contributed by atoms with van der Waals surface area (Å²) < 4.78 is 11.2. The number of fused-ring (bicyclic) bond motifs is 3. The molecule has 0 aromatic heterocycles. The third kappa shape index (κ3) is 8.61. The van der Waals surface area contributed by atoms with E-state index in [4.69, 9.17) is 9.47 Å². The Labute approximate surface area is 305 Å². The Morgan fingerprint density at radius 1 is 0.588 bits per heavy atom. The summed E-state index contributed by atoms with van der Waals surface area (Å²) in [5.74, 6) is 0.106. The van der Waals surface area contributed by atoms with Gasteiger partial charge in [-0.3, -0.25) is 0 Å². The molecule has 0 N–H and O–H groups in total. The molecule has 51 heavy (non-hydrogen) atoms. The second kappa shape index (κ2) is 14.9. The monoisotopic (exact) mass is 682 g/mol. The summed E-state index contributed by atoms with van der Waals surface area (Å²) in [6.07, 6.45) is 8.59. The number of carbonyl (C=O) groups excluding carboxylic acids is 2. The van der Waals surface area contributed by atoms with Crippen LogP contribution in [0.4, 0.5) is 0 Å². The fraction of sp³-hybridized carbons (Fsp3) is 0.362. The number of carbonyl (C=O) groups is 2. The van der Waals surface area contributed by atoms with Gasteiger partial charge in [0.25, 0.3) is 0 Å². The third-order valence-corrected chi connectivity index (χ3v) is 8.97. The van der Waals surface area contributed by atoms with Gasteiger partial charge in [-0.1, -0.05) is 113 Å². The second-order valence-electron chi connectivity index (χ2n) is 16.6. The van der Waals surface area contributed by atoms with E-state index in [1.165, 1.54) is 44.5 Å². The van der Waals surface area contributed by atoms with E-state index >= 15 is 0 Å². The average molecular weight is 683 g/mol. The van der Waals surface area contributed by atoms with Crippen LogP contribution in [0.3, 0.4) is 0 Å². The van der Waals surface area contributed by atoms with Gasteiger partial charge < -0.3 is 9.47 Å². The van der Waals surface area contributed by atoms with Crippen molar-refractivity contribution in [1.82, 2.24) is 0 Å². The van der Waals surface area contributed by atoms with E-state index in [2.05, 4.69) is 113 Å². The summed E-state index contributed by atoms with van der Waals surface area (Å²) >= 11 is 0. The molecule has 0 unspecified atom stereocenters. The van der Waals surface area contributed by atoms with Crippen LogP contribution in [0.15, 0.2) is 97.1 Å². The van der Waals surface area contributed by atoms with E-state index in [0.29, 0.717) is 11.8 Å². The van der Waals surface area contributed by atoms with E-state index in [0.717, 1.165) is 24.0 Å². The first-order valence-corrected chi connectivity index (χ1v) is 18.3. The third-order valence-electron chi connectivity index (χ3n) is 8.97. The van der Waals surface area contributed by atoms with E-state index in [1.54, 1.807) is 12.2 Å². The molecule has 0 saturated carbocycles. The zero-order chi connectivity index (χ0) is 37.1. The molecule has 0 atom stereocenters. The maximum atomic E-state index is 12.7. The molecule has 4 aromatic rings. The van der Waals surface area contributed by atoms with Gasteiger partial charge >= 0.3 is 11.9 Å². The van der Waals surface area contributed by atoms with Gasteiger partial charge in [0, 0.05) is 12.2 Å². The molecule has 5 rings (SSSR count). The first-order chi connectivity index (χ1) is 24.0. The highest BCUT2D eigenvalue weighted by Crippen LogP contribution is 2.56. The predicted molar refractivity (Wildman–Crippen MR) is 211 cm³/mol. The molecule has 0 aliphatic heterocycles. The van der Waals surface area contributed by atoms with E-state index in [1.807, 2.05) is 53.7 Å². The Balaban J connectivity index is 1.75. The van der Waals surface area contributed by atoms with Crippen molar-refractivity contribution in [2.75, 3.05) is 0 Å². The Bertz CT molecular complexity index is 1820. The molecule has 266 valence electrons. The van der Waals surface area contributed by atoms with Gasteiger partial charge in [0.2, 0.25) is 0 Å². The molecule has 4 aromatic carbocycles. The normalized spacial score (nSPS) is 14.0. The Morgan fingerprint density at radius 2 is 0.961 bits per heavy atom. The number of ether oxygens (including phenoxy) is 2. The van der Waals surface area contributed by atoms with Gasteiger partial charge in [-0.05, 0) is 134 Å². The molecule has 0 amide bonds. The molecular weight excluding hydrogens is 629 g/mol. The molecule has 0 fully saturated rings. The van der Waals surface area contributed by atoms with E-state index < -0.39 is 16.6 Å². The van der Waals surface area contributed by atoms with Crippen LogP contribution >= 0.6 is 0 Å². The standard InChI is InChI=1S/C47H54O4/c1-31(2)27-35-29-37(23-19-33(35)21-25-43(48)50-45(5,6)7)47(41-17-13-11-15-39(41)40-16-12-14-18-42(40)47)38-24-20-34(36(30-38)28-32(3)4)22-26-44(49)51-46(8,9)10/h11-26,29-32H,27-28H2,1-10H3. The molecule has 4 nitrogen and oxygen atoms in total. The molecule has 0 bridgehead atoms. The van der Waals surface area contributed by atoms with E-state index in [9.17, 15) is 9.59 Å². The highest BCUT2D eigenvalue weighted by atomic mass is 16.6. The van der Waals surface area contributed by atoms with Crippen LogP contribution in [0, 0.1) is 11.8 Å². The minimum absolute atomic E-state index is 0.351. The number of rotatable bonds is 10. The second-order valence-corrected chi connectivity index (χ2v) is 16.6. The smallest absolute Gasteiger partial charge is 0.331 e. The van der Waals surface area contributed by atoms with Crippen molar-refractivity contribution in [2.24, 2.45) is 11.8 Å². The van der Waals surface area contributed by atoms with Crippen LogP contribution in [0.2, 0.25) is 0 Å². The molecule has 0 radical (unpaired) electrons. The largest absolute Gasteiger partial charge is 0.457 e. The zero-order valence-corrected chi connectivity index (χ0v) is 32.1. The minimum atomic E-state index is -0.592. The predicted octanol–water partition coefficient (Wildman–Crippen LogP) is 11.2. The highest BCUT2D eigenvalue weighted by Gasteiger charge is 2.46. The lowest BCUT2D eigenvalue weighted by molar-refractivity contribution is -0.149. The van der Waals surface area contributed by atoms with Gasteiger partial charge in [0.05, 0.1) is 5.41 Å². The summed E-state index contributed by atoms with van der Waals surface area (Å²) in [6.45, 7) is 20.2. The van der Waals surface area contributed by atoms with Crippen LogP contribution < -0.4 is 0 Å². The molecular formula is C47H54O4. The van der Waals surface area contributed by atoms with Crippen LogP contribution in [0.5, 0.6) is 0 Å². The number of benzene rings is 4. The van der Waals surface area contributed by atoms with Crippen molar-refractivity contribution >= 4 is 24.1 Å². The molecule has 1 aliphatic carbocycles. The quantitative estimate of drug-likeness (QED) is 0.109. The van der Waals surface area contributed by atoms with Crippen LogP contribution in [0.25, 0.3) is 23.3 Å². The number of hydrogen-bond donors (Lipinski definition) is 0. The lowest BCUT2D eigenvalue weighted by atomic mass is 9.66. The summed E-state index contributed by atoms with van der Waals surface area (Å²) in [5.41, 5.74) is 9.98. The van der Waals surface area contributed by atoms with Gasteiger partial charge in [0.1, 0.15) is 11.2 Å². The van der Waals surface area contributed by atoms with Crippen LogP contribution in [0.1, 0.15) is 114 Å². The van der Waals surface area contributed by atoms with Gasteiger partial charge in [-0.15, -0.1) is 0 Å². The van der Waals surface area contributed by atoms with Gasteiger partial charge in [-0.2, -0.15) is 0 Å². The fourth-order valence-corrected chi connectivity index (χ4v) is 7.25. The van der Waals surface area contributed by atoms with Gasteiger partial charge in [0.15, 0.2) is 0 Å². The van der Waals surface area contributed by atoms with Crippen molar-refractivity contribution < 1.29 is 19.1 Å². The van der Waals surface area contributed by atoms with Gasteiger partial charge in [-0.25, -0.2) is 9.59 Å². The lowest BCUT2D eigenvalue weighted by Crippen LogP contribution is -2.29. The summed E-state index contributed by atoms with van der Waals surface area (Å²) in [6, 6.07) is 31.0. The molecule has 0 spiro atoms. The Hall–Kier alpha value is -4.70. The Kier molecular flexibility index (Phi) is 11.0. The SMILES string of the molecule is CC(C)Cc1cc(C2(c3ccc(C=CC(=O)OC(C)(C)C)c(CC(C)C)c3)c3ccccc3-c3ccccc32)ccc1C=CC(=O)OC(C)(C)C. The van der Waals surface area contributed by atoms with Crippen molar-refractivity contribution in [2.45, 2.75) is 98.7 Å². The number of hydrogen-bond acceptors (Lipinski definition) is 4. The molecule has 4 heteroatoms. The Morgan fingerprint density at radius 3 is 1.31 bits per heavy atom. The number of esters is 2. The van der Waals surface area contributed by atoms with E-state index in [-0.39, 0.29) is 11.9 Å². The molecule has 1 aliphatic rings. The highest BCUT2D eigenvalue weighted by molar-refractivity contribution is 5.89. The van der Waals surface area contributed by atoms with Crippen molar-refractivity contribution in [1.29, 1.82) is 0 Å². The van der Waals surface area contributed by atoms with Crippen molar-refractivity contribution in [3.8, 4) is 11.1 Å². The average Bonchev–Trinajstić information content (AvgIpc) is 3.32. The van der Waals surface area contributed by atoms with Crippen LogP contribution in [-0.4, -0.2) is 23.1 Å². The first-order valence-electron chi connectivity index (χ1n) is 18.3.